The number of alkyl halides is 2. The minimum absolute atomic E-state index is 0.0551. The third kappa shape index (κ3) is 3.36. The lowest BCUT2D eigenvalue weighted by molar-refractivity contribution is -0.383. The molecule has 0 saturated carbocycles. The number of imide groups is 1. The Kier molecular flexibility index (Phi) is 5.71. The number of anilines is 1. The summed E-state index contributed by atoms with van der Waals surface area (Å²) in [5.74, 6) is -3.23. The molecule has 1 fully saturated rings. The zero-order valence-electron chi connectivity index (χ0n) is 20.5. The zero-order valence-corrected chi connectivity index (χ0v) is 22.0. The highest BCUT2D eigenvalue weighted by atomic mass is 35.5. The summed E-state index contributed by atoms with van der Waals surface area (Å²) < 4.78 is 5.10. The molecule has 9 nitrogen and oxygen atoms in total. The van der Waals surface area contributed by atoms with Gasteiger partial charge in [-0.2, -0.15) is 0 Å². The van der Waals surface area contributed by atoms with E-state index in [4.69, 9.17) is 27.9 Å². The molecule has 1 aliphatic heterocycles. The van der Waals surface area contributed by atoms with Crippen LogP contribution >= 0.6 is 23.2 Å². The Hall–Kier alpha value is -3.95. The molecule has 0 radical (unpaired) electrons. The predicted molar refractivity (Wildman–Crippen MR) is 143 cm³/mol. The number of hydrogen-bond acceptors (Lipinski definition) is 6. The van der Waals surface area contributed by atoms with Crippen molar-refractivity contribution in [1.29, 1.82) is 0 Å². The number of nitro benzene ring substituents is 1. The predicted octanol–water partition coefficient (Wildman–Crippen LogP) is 4.53. The zero-order chi connectivity index (χ0) is 27.7. The minimum Gasteiger partial charge on any atom is -0.497 e. The van der Waals surface area contributed by atoms with Crippen molar-refractivity contribution in [1.82, 2.24) is 4.90 Å². The van der Waals surface area contributed by atoms with Crippen molar-refractivity contribution in [3.8, 4) is 5.75 Å². The quantitative estimate of drug-likeness (QED) is 0.203. The topological polar surface area (TPSA) is 119 Å². The molecular formula is C28H21Cl2N3O6. The van der Waals surface area contributed by atoms with Gasteiger partial charge in [-0.1, -0.05) is 48.5 Å². The Morgan fingerprint density at radius 3 is 1.87 bits per heavy atom. The monoisotopic (exact) mass is 565 g/mol. The number of carbonyl (C=O) groups is 3. The number of nitro groups is 1. The second kappa shape index (κ2) is 8.79. The van der Waals surface area contributed by atoms with Gasteiger partial charge in [0.1, 0.15) is 21.2 Å². The van der Waals surface area contributed by atoms with Gasteiger partial charge < -0.3 is 10.1 Å². The van der Waals surface area contributed by atoms with Crippen LogP contribution in [0.4, 0.5) is 11.4 Å². The van der Waals surface area contributed by atoms with Gasteiger partial charge in [0, 0.05) is 25.1 Å². The summed E-state index contributed by atoms with van der Waals surface area (Å²) in [5, 5.41) is 13.9. The molecule has 0 aromatic heterocycles. The van der Waals surface area contributed by atoms with Crippen molar-refractivity contribution in [2.45, 2.75) is 16.2 Å². The number of methoxy groups -OCH3 is 1. The van der Waals surface area contributed by atoms with Crippen LogP contribution < -0.4 is 10.1 Å². The van der Waals surface area contributed by atoms with Crippen molar-refractivity contribution in [3.63, 3.8) is 0 Å². The molecule has 2 atom stereocenters. The van der Waals surface area contributed by atoms with E-state index in [1.165, 1.54) is 25.3 Å². The van der Waals surface area contributed by atoms with Crippen molar-refractivity contribution < 1.29 is 24.0 Å². The van der Waals surface area contributed by atoms with Crippen LogP contribution in [0.3, 0.4) is 0 Å². The molecule has 3 amide bonds. The van der Waals surface area contributed by atoms with E-state index in [0.29, 0.717) is 28.0 Å². The molecule has 7 rings (SSSR count). The standard InChI is InChI=1S/C28H21Cl2N3O6/c1-39-15-10-11-21(33(37)38)20(14-15)31-22(34)12-13-32-25(35)23-24(26(32)36)28(30)17-7-3-2-6-16(17)27(23,29)18-8-4-5-9-19(18)28/h2-11,14,23-24H,12-13H2,1H3,(H,31,34)/t23-,24+,27?,28?. The molecule has 0 unspecified atom stereocenters. The third-order valence-electron chi connectivity index (χ3n) is 7.91. The summed E-state index contributed by atoms with van der Waals surface area (Å²) in [4.78, 5) is 49.7. The maximum atomic E-state index is 13.8. The highest BCUT2D eigenvalue weighted by Gasteiger charge is 2.72. The molecule has 4 aliphatic rings. The van der Waals surface area contributed by atoms with Crippen molar-refractivity contribution >= 4 is 52.3 Å². The lowest BCUT2D eigenvalue weighted by Crippen LogP contribution is -2.57. The largest absolute Gasteiger partial charge is 0.497 e. The number of likely N-dealkylation sites (tertiary alicyclic amines) is 1. The molecular weight excluding hydrogens is 545 g/mol. The third-order valence-corrected chi connectivity index (χ3v) is 9.20. The highest BCUT2D eigenvalue weighted by Crippen LogP contribution is 2.69. The number of rotatable bonds is 6. The average molecular weight is 566 g/mol. The molecule has 1 saturated heterocycles. The normalized spacial score (nSPS) is 26.1. The van der Waals surface area contributed by atoms with Gasteiger partial charge in [-0.25, -0.2) is 0 Å². The van der Waals surface area contributed by atoms with Gasteiger partial charge >= 0.3 is 0 Å². The molecule has 1 heterocycles. The Balaban J connectivity index is 1.31. The van der Waals surface area contributed by atoms with E-state index in [0.717, 1.165) is 4.90 Å². The Morgan fingerprint density at radius 1 is 0.949 bits per heavy atom. The summed E-state index contributed by atoms with van der Waals surface area (Å²) in [6.45, 7) is -0.235. The number of benzene rings is 3. The van der Waals surface area contributed by atoms with Gasteiger partial charge in [-0.3, -0.25) is 29.4 Å². The van der Waals surface area contributed by atoms with Crippen LogP contribution in [-0.4, -0.2) is 41.2 Å². The van der Waals surface area contributed by atoms with E-state index in [1.807, 2.05) is 48.5 Å². The summed E-state index contributed by atoms with van der Waals surface area (Å²) in [7, 11) is 1.40. The molecule has 11 heteroatoms. The maximum Gasteiger partial charge on any atom is 0.293 e. The number of amides is 3. The summed E-state index contributed by atoms with van der Waals surface area (Å²) >= 11 is 14.8. The van der Waals surface area contributed by atoms with E-state index in [-0.39, 0.29) is 24.3 Å². The van der Waals surface area contributed by atoms with Gasteiger partial charge in [0.2, 0.25) is 17.7 Å². The molecule has 39 heavy (non-hydrogen) atoms. The number of halogens is 2. The van der Waals surface area contributed by atoms with Crippen molar-refractivity contribution in [2.75, 3.05) is 19.0 Å². The second-order valence-corrected chi connectivity index (χ2v) is 10.9. The molecule has 1 N–H and O–H groups in total. The van der Waals surface area contributed by atoms with Crippen LogP contribution in [0.25, 0.3) is 0 Å². The van der Waals surface area contributed by atoms with E-state index in [1.54, 1.807) is 0 Å². The highest BCUT2D eigenvalue weighted by molar-refractivity contribution is 6.36. The van der Waals surface area contributed by atoms with Crippen LogP contribution in [0.2, 0.25) is 0 Å². The maximum absolute atomic E-state index is 13.8. The Morgan fingerprint density at radius 2 is 1.44 bits per heavy atom. The first-order chi connectivity index (χ1) is 18.6. The molecule has 2 bridgehead atoms. The van der Waals surface area contributed by atoms with Gasteiger partial charge in [0.05, 0.1) is 23.9 Å². The van der Waals surface area contributed by atoms with E-state index >= 15 is 0 Å². The number of nitrogens with one attached hydrogen (secondary N) is 1. The molecule has 198 valence electrons. The van der Waals surface area contributed by atoms with Crippen LogP contribution in [0.15, 0.2) is 66.7 Å². The first kappa shape index (κ1) is 25.3. The lowest BCUT2D eigenvalue weighted by Gasteiger charge is -2.54. The van der Waals surface area contributed by atoms with Crippen LogP contribution in [0.1, 0.15) is 28.7 Å². The van der Waals surface area contributed by atoms with Crippen molar-refractivity contribution in [2.24, 2.45) is 11.8 Å². The Labute approximate surface area is 232 Å². The summed E-state index contributed by atoms with van der Waals surface area (Å²) in [6.07, 6.45) is -0.282. The molecule has 0 spiro atoms. The fraction of sp³-hybridized carbons (Fsp3) is 0.250. The van der Waals surface area contributed by atoms with Gasteiger partial charge in [0.25, 0.3) is 5.69 Å². The SMILES string of the molecule is COc1ccc([N+](=O)[O-])c(NC(=O)CCN2C(=O)[C@@H]3[C@H](C2=O)C2(Cl)c4ccccc4C3(Cl)c3ccccc32)c1. The Bertz CT molecular complexity index is 1470. The summed E-state index contributed by atoms with van der Waals surface area (Å²) in [5.41, 5.74) is 2.38. The molecule has 3 aromatic carbocycles. The van der Waals surface area contributed by atoms with Crippen LogP contribution in [0, 0.1) is 22.0 Å². The first-order valence-electron chi connectivity index (χ1n) is 12.2. The van der Waals surface area contributed by atoms with Crippen molar-refractivity contribution in [3.05, 3.63) is 99.1 Å². The molecule has 3 aromatic rings. The molecule has 3 aliphatic carbocycles. The minimum atomic E-state index is -1.31. The lowest BCUT2D eigenvalue weighted by atomic mass is 9.54. The van der Waals surface area contributed by atoms with Gasteiger partial charge in [-0.05, 0) is 28.3 Å². The average Bonchev–Trinajstić information content (AvgIpc) is 3.20. The first-order valence-corrected chi connectivity index (χ1v) is 12.9. The van der Waals surface area contributed by atoms with Crippen LogP contribution in [0.5, 0.6) is 5.75 Å². The summed E-state index contributed by atoms with van der Waals surface area (Å²) in [6, 6.07) is 18.6. The van der Waals surface area contributed by atoms with Crippen LogP contribution in [-0.2, 0) is 24.1 Å². The van der Waals surface area contributed by atoms with Gasteiger partial charge in [0.15, 0.2) is 0 Å². The number of carbonyl (C=O) groups excluding carboxylic acids is 3. The number of ether oxygens (including phenoxy) is 1. The second-order valence-electron chi connectivity index (χ2n) is 9.74. The van der Waals surface area contributed by atoms with E-state index in [9.17, 15) is 24.5 Å². The fourth-order valence-electron chi connectivity index (χ4n) is 6.27. The van der Waals surface area contributed by atoms with E-state index in [2.05, 4.69) is 5.32 Å². The van der Waals surface area contributed by atoms with Gasteiger partial charge in [-0.15, -0.1) is 23.2 Å². The fourth-order valence-corrected chi connectivity index (χ4v) is 7.37. The number of nitrogens with zero attached hydrogens (tertiary/aromatic N) is 2. The number of hydrogen-bond donors (Lipinski definition) is 1. The van der Waals surface area contributed by atoms with E-state index < -0.39 is 44.2 Å². The smallest absolute Gasteiger partial charge is 0.293 e.